The normalized spacial score (nSPS) is 23.5. The van der Waals surface area contributed by atoms with Gasteiger partial charge in [-0.1, -0.05) is 0 Å². The van der Waals surface area contributed by atoms with Gasteiger partial charge in [-0.05, 0) is 12.8 Å². The lowest BCUT2D eigenvalue weighted by molar-refractivity contribution is -0.114. The number of ketones is 1. The predicted molar refractivity (Wildman–Crippen MR) is 35.6 cm³/mol. The summed E-state index contributed by atoms with van der Waals surface area (Å²) >= 11 is 0. The van der Waals surface area contributed by atoms with E-state index in [2.05, 4.69) is 0 Å². The first-order valence-corrected chi connectivity index (χ1v) is 3.30. The van der Waals surface area contributed by atoms with Crippen molar-refractivity contribution in [2.24, 2.45) is 0 Å². The van der Waals surface area contributed by atoms with Crippen LogP contribution in [0.15, 0.2) is 11.3 Å². The molecule has 0 aromatic heterocycles. The molecule has 0 aromatic carbocycles. The van der Waals surface area contributed by atoms with Gasteiger partial charge in [0.15, 0.2) is 5.78 Å². The number of Topliss-reactive ketones (excluding diaryl/α,β-unsaturated/α-hetero) is 1. The highest BCUT2D eigenvalue weighted by atomic mass is 16.3. The third-order valence-corrected chi connectivity index (χ3v) is 1.67. The molecule has 1 saturated carbocycles. The third-order valence-electron chi connectivity index (χ3n) is 1.67. The van der Waals surface area contributed by atoms with Gasteiger partial charge >= 0.3 is 0 Å². The predicted octanol–water partition coefficient (Wildman–Crippen LogP) is 0.544. The number of aliphatic hydroxyl groups excluding tert-OH is 2. The minimum absolute atomic E-state index is 0.0217. The van der Waals surface area contributed by atoms with E-state index in [1.807, 2.05) is 0 Å². The lowest BCUT2D eigenvalue weighted by atomic mass is 10.2. The van der Waals surface area contributed by atoms with E-state index >= 15 is 0 Å². The first kappa shape index (κ1) is 7.28. The number of carbonyl (C=O) groups is 1. The molecular formula is C7H10O3. The van der Waals surface area contributed by atoms with Gasteiger partial charge in [0.05, 0.1) is 0 Å². The molecule has 3 nitrogen and oxygen atoms in total. The van der Waals surface area contributed by atoms with E-state index in [4.69, 9.17) is 10.2 Å². The Hall–Kier alpha value is -0.830. The molecule has 1 aliphatic carbocycles. The van der Waals surface area contributed by atoms with Crippen LogP contribution < -0.4 is 0 Å². The Balaban J connectivity index is 2.79. The van der Waals surface area contributed by atoms with Gasteiger partial charge in [-0.25, -0.2) is 0 Å². The molecule has 0 spiro atoms. The van der Waals surface area contributed by atoms with Gasteiger partial charge in [-0.2, -0.15) is 0 Å². The molecule has 0 atom stereocenters. The van der Waals surface area contributed by atoms with Crippen molar-refractivity contribution in [3.63, 3.8) is 0 Å². The Morgan fingerprint density at radius 1 is 1.50 bits per heavy atom. The molecule has 1 rings (SSSR count). The summed E-state index contributed by atoms with van der Waals surface area (Å²) in [5.74, 6) is -0.172. The fourth-order valence-electron chi connectivity index (χ4n) is 1.12. The molecule has 0 amide bonds. The van der Waals surface area contributed by atoms with Crippen molar-refractivity contribution in [1.29, 1.82) is 0 Å². The van der Waals surface area contributed by atoms with Crippen LogP contribution in [0.4, 0.5) is 0 Å². The average molecular weight is 142 g/mol. The molecule has 1 aliphatic rings. The van der Waals surface area contributed by atoms with Gasteiger partial charge < -0.3 is 10.2 Å². The summed E-state index contributed by atoms with van der Waals surface area (Å²) in [6.07, 6.45) is 1.93. The second-order valence-electron chi connectivity index (χ2n) is 2.36. The Kier molecular flexibility index (Phi) is 2.06. The molecule has 0 aliphatic heterocycles. The van der Waals surface area contributed by atoms with Crippen molar-refractivity contribution in [1.82, 2.24) is 0 Å². The second kappa shape index (κ2) is 2.84. The summed E-state index contributed by atoms with van der Waals surface area (Å²) in [5, 5.41) is 17.4. The first-order chi connectivity index (χ1) is 4.75. The molecule has 2 N–H and O–H groups in total. The van der Waals surface area contributed by atoms with Gasteiger partial charge in [-0.3, -0.25) is 4.79 Å². The van der Waals surface area contributed by atoms with Gasteiger partial charge in [0.2, 0.25) is 0 Å². The summed E-state index contributed by atoms with van der Waals surface area (Å²) in [7, 11) is 0. The number of hydrogen-bond acceptors (Lipinski definition) is 3. The Bertz CT molecular complexity index is 181. The zero-order chi connectivity index (χ0) is 7.56. The van der Waals surface area contributed by atoms with E-state index < -0.39 is 6.61 Å². The first-order valence-electron chi connectivity index (χ1n) is 3.30. The molecule has 0 unspecified atom stereocenters. The van der Waals surface area contributed by atoms with Crippen LogP contribution in [-0.4, -0.2) is 22.6 Å². The number of allylic oxidation sites excluding steroid dienone is 1. The molecule has 1 fully saturated rings. The highest BCUT2D eigenvalue weighted by Gasteiger charge is 2.20. The summed E-state index contributed by atoms with van der Waals surface area (Å²) in [6.45, 7) is -0.416. The maximum atomic E-state index is 10.8. The van der Waals surface area contributed by atoms with Gasteiger partial charge in [0, 0.05) is 12.0 Å². The number of aliphatic hydroxyl groups is 2. The summed E-state index contributed by atoms with van der Waals surface area (Å²) in [4.78, 5) is 10.8. The molecule has 10 heavy (non-hydrogen) atoms. The Morgan fingerprint density at radius 3 is 2.60 bits per heavy atom. The zero-order valence-corrected chi connectivity index (χ0v) is 5.63. The SMILES string of the molecule is O=C1CCCC1=C(O)CO. The van der Waals surface area contributed by atoms with Crippen LogP contribution in [0.2, 0.25) is 0 Å². The zero-order valence-electron chi connectivity index (χ0n) is 5.63. The Morgan fingerprint density at radius 2 is 2.20 bits per heavy atom. The van der Waals surface area contributed by atoms with Crippen molar-refractivity contribution >= 4 is 5.78 Å². The van der Waals surface area contributed by atoms with Crippen molar-refractivity contribution in [3.05, 3.63) is 11.3 Å². The van der Waals surface area contributed by atoms with Crippen LogP contribution in [0, 0.1) is 0 Å². The minimum Gasteiger partial charge on any atom is -0.509 e. The molecule has 0 saturated heterocycles. The number of carbonyl (C=O) groups excluding carboxylic acids is 1. The van der Waals surface area contributed by atoms with Gasteiger partial charge in [-0.15, -0.1) is 0 Å². The third kappa shape index (κ3) is 1.19. The van der Waals surface area contributed by atoms with Crippen LogP contribution in [0.5, 0.6) is 0 Å². The van der Waals surface area contributed by atoms with E-state index in [-0.39, 0.29) is 11.5 Å². The molecule has 0 bridgehead atoms. The average Bonchev–Trinajstić information content (AvgIpc) is 2.34. The van der Waals surface area contributed by atoms with Crippen molar-refractivity contribution in [2.75, 3.05) is 6.61 Å². The molecule has 56 valence electrons. The standard InChI is InChI=1S/C7H10O3/c8-4-7(10)5-2-1-3-6(5)9/h8,10H,1-4H2. The van der Waals surface area contributed by atoms with E-state index in [1.54, 1.807) is 0 Å². The molecular weight excluding hydrogens is 132 g/mol. The molecule has 3 heteroatoms. The lowest BCUT2D eigenvalue weighted by Gasteiger charge is -1.97. The monoisotopic (exact) mass is 142 g/mol. The van der Waals surface area contributed by atoms with Crippen LogP contribution in [0.1, 0.15) is 19.3 Å². The molecule has 0 aromatic rings. The second-order valence-corrected chi connectivity index (χ2v) is 2.36. The minimum atomic E-state index is -0.416. The van der Waals surface area contributed by atoms with Crippen LogP contribution in [-0.2, 0) is 4.79 Å². The summed E-state index contributed by atoms with van der Waals surface area (Å²) in [6, 6.07) is 0. The maximum absolute atomic E-state index is 10.8. The maximum Gasteiger partial charge on any atom is 0.162 e. The topological polar surface area (TPSA) is 57.5 Å². The fourth-order valence-corrected chi connectivity index (χ4v) is 1.12. The molecule has 0 radical (unpaired) electrons. The highest BCUT2D eigenvalue weighted by Crippen LogP contribution is 2.22. The van der Waals surface area contributed by atoms with Gasteiger partial charge in [0.1, 0.15) is 12.4 Å². The van der Waals surface area contributed by atoms with Crippen molar-refractivity contribution < 1.29 is 15.0 Å². The fraction of sp³-hybridized carbons (Fsp3) is 0.571. The van der Waals surface area contributed by atoms with E-state index in [0.717, 1.165) is 6.42 Å². The quantitative estimate of drug-likeness (QED) is 0.415. The van der Waals surface area contributed by atoms with Crippen LogP contribution in [0.3, 0.4) is 0 Å². The van der Waals surface area contributed by atoms with E-state index in [1.165, 1.54) is 0 Å². The van der Waals surface area contributed by atoms with Crippen molar-refractivity contribution in [2.45, 2.75) is 19.3 Å². The molecule has 0 heterocycles. The Labute approximate surface area is 59.0 Å². The van der Waals surface area contributed by atoms with Crippen LogP contribution in [0.25, 0.3) is 0 Å². The van der Waals surface area contributed by atoms with Crippen LogP contribution >= 0.6 is 0 Å². The van der Waals surface area contributed by atoms with Gasteiger partial charge in [0.25, 0.3) is 0 Å². The number of hydrogen-bond donors (Lipinski definition) is 2. The summed E-state index contributed by atoms with van der Waals surface area (Å²) < 4.78 is 0. The highest BCUT2D eigenvalue weighted by molar-refractivity contribution is 5.97. The largest absolute Gasteiger partial charge is 0.509 e. The number of rotatable bonds is 1. The van der Waals surface area contributed by atoms with E-state index in [9.17, 15) is 4.79 Å². The lowest BCUT2D eigenvalue weighted by Crippen LogP contribution is -2.00. The van der Waals surface area contributed by atoms with Crippen molar-refractivity contribution in [3.8, 4) is 0 Å². The smallest absolute Gasteiger partial charge is 0.162 e. The summed E-state index contributed by atoms with van der Waals surface area (Å²) in [5.41, 5.74) is 0.419. The van der Waals surface area contributed by atoms with E-state index in [0.29, 0.717) is 18.4 Å².